The highest BCUT2D eigenvalue weighted by molar-refractivity contribution is 5.94. The minimum Gasteiger partial charge on any atom is -0.385 e. The van der Waals surface area contributed by atoms with Gasteiger partial charge in [0.15, 0.2) is 0 Å². The predicted octanol–water partition coefficient (Wildman–Crippen LogP) is 2.78. The number of carbonyl (C=O) groups is 1. The fraction of sp³-hybridized carbons (Fsp3) is 0.435. The first-order valence-electron chi connectivity index (χ1n) is 10.2. The maximum atomic E-state index is 13.1. The smallest absolute Gasteiger partial charge is 0.253 e. The van der Waals surface area contributed by atoms with E-state index in [1.165, 1.54) is 5.56 Å². The molecule has 3 N–H and O–H groups in total. The van der Waals surface area contributed by atoms with Crippen molar-refractivity contribution in [2.75, 3.05) is 13.1 Å². The van der Waals surface area contributed by atoms with Crippen molar-refractivity contribution < 1.29 is 9.90 Å². The summed E-state index contributed by atoms with van der Waals surface area (Å²) in [6.45, 7) is 5.44. The quantitative estimate of drug-likeness (QED) is 0.767. The Morgan fingerprint density at radius 3 is 2.29 bits per heavy atom. The number of rotatable bonds is 3. The van der Waals surface area contributed by atoms with Crippen molar-refractivity contribution in [3.05, 3.63) is 71.3 Å². The second-order valence-corrected chi connectivity index (χ2v) is 8.21. The van der Waals surface area contributed by atoms with E-state index < -0.39 is 5.60 Å². The number of nitrogens with one attached hydrogen (secondary N) is 2. The van der Waals surface area contributed by atoms with E-state index in [4.69, 9.17) is 0 Å². The summed E-state index contributed by atoms with van der Waals surface area (Å²) < 4.78 is 0. The van der Waals surface area contributed by atoms with Crippen LogP contribution in [-0.2, 0) is 5.60 Å². The average Bonchev–Trinajstić information content (AvgIpc) is 3.07. The van der Waals surface area contributed by atoms with Gasteiger partial charge in [-0.2, -0.15) is 0 Å². The van der Waals surface area contributed by atoms with Crippen molar-refractivity contribution in [1.82, 2.24) is 15.8 Å². The summed E-state index contributed by atoms with van der Waals surface area (Å²) in [5, 5.41) is 11.0. The summed E-state index contributed by atoms with van der Waals surface area (Å²) in [6, 6.07) is 18.4. The molecule has 2 aliphatic heterocycles. The van der Waals surface area contributed by atoms with E-state index in [2.05, 4.69) is 30.8 Å². The molecule has 28 heavy (non-hydrogen) atoms. The molecular formula is C23H29N3O2. The Bertz CT molecular complexity index is 821. The van der Waals surface area contributed by atoms with Gasteiger partial charge in [-0.15, -0.1) is 0 Å². The molecule has 1 amide bonds. The SMILES string of the molecule is CC1NNC(C)C1c1cccc(C(=O)N2CCC(O)(c3ccccc3)CC2)c1. The number of likely N-dealkylation sites (tertiary alicyclic amines) is 1. The Kier molecular flexibility index (Phi) is 5.23. The highest BCUT2D eigenvalue weighted by Gasteiger charge is 2.36. The van der Waals surface area contributed by atoms with E-state index in [0.717, 1.165) is 11.1 Å². The fourth-order valence-corrected chi connectivity index (χ4v) is 4.63. The molecule has 5 nitrogen and oxygen atoms in total. The molecule has 0 radical (unpaired) electrons. The lowest BCUT2D eigenvalue weighted by Gasteiger charge is -2.38. The van der Waals surface area contributed by atoms with Crippen LogP contribution in [0.1, 0.15) is 54.1 Å². The molecule has 2 fully saturated rings. The first kappa shape index (κ1) is 19.1. The molecule has 2 unspecified atom stereocenters. The zero-order chi connectivity index (χ0) is 19.7. The molecule has 2 aromatic carbocycles. The van der Waals surface area contributed by atoms with Gasteiger partial charge in [0.2, 0.25) is 0 Å². The summed E-state index contributed by atoms with van der Waals surface area (Å²) in [4.78, 5) is 15.0. The molecule has 2 atom stereocenters. The molecule has 0 bridgehead atoms. The number of hydrogen-bond donors (Lipinski definition) is 3. The van der Waals surface area contributed by atoms with Gasteiger partial charge in [0, 0.05) is 36.7 Å². The van der Waals surface area contributed by atoms with E-state index in [0.29, 0.717) is 43.9 Å². The van der Waals surface area contributed by atoms with Crippen LogP contribution < -0.4 is 10.9 Å². The number of benzene rings is 2. The van der Waals surface area contributed by atoms with Crippen molar-refractivity contribution in [1.29, 1.82) is 0 Å². The van der Waals surface area contributed by atoms with Gasteiger partial charge in [-0.1, -0.05) is 42.5 Å². The van der Waals surface area contributed by atoms with E-state index >= 15 is 0 Å². The van der Waals surface area contributed by atoms with Crippen molar-refractivity contribution in [2.45, 2.75) is 50.3 Å². The highest BCUT2D eigenvalue weighted by atomic mass is 16.3. The highest BCUT2D eigenvalue weighted by Crippen LogP contribution is 2.33. The monoisotopic (exact) mass is 379 g/mol. The maximum absolute atomic E-state index is 13.1. The average molecular weight is 380 g/mol. The summed E-state index contributed by atoms with van der Waals surface area (Å²) in [6.07, 6.45) is 1.12. The van der Waals surface area contributed by atoms with Gasteiger partial charge in [0.25, 0.3) is 5.91 Å². The van der Waals surface area contributed by atoms with Gasteiger partial charge in [-0.05, 0) is 49.9 Å². The molecule has 0 spiro atoms. The zero-order valence-corrected chi connectivity index (χ0v) is 16.6. The van der Waals surface area contributed by atoms with Gasteiger partial charge in [-0.25, -0.2) is 0 Å². The van der Waals surface area contributed by atoms with Crippen molar-refractivity contribution in [3.63, 3.8) is 0 Å². The standard InChI is InChI=1S/C23H29N3O2/c1-16-21(17(2)25-24-16)18-7-6-8-19(15-18)22(27)26-13-11-23(28,12-14-26)20-9-4-3-5-10-20/h3-10,15-17,21,24-25,28H,11-14H2,1-2H3. The first-order chi connectivity index (χ1) is 13.5. The van der Waals surface area contributed by atoms with E-state index in [1.807, 2.05) is 53.4 Å². The van der Waals surface area contributed by atoms with Crippen molar-refractivity contribution in [2.24, 2.45) is 0 Å². The van der Waals surface area contributed by atoms with Gasteiger partial charge >= 0.3 is 0 Å². The molecule has 2 heterocycles. The van der Waals surface area contributed by atoms with Crippen LogP contribution in [-0.4, -0.2) is 41.1 Å². The van der Waals surface area contributed by atoms with E-state index in [9.17, 15) is 9.90 Å². The normalized spacial score (nSPS) is 27.0. The lowest BCUT2D eigenvalue weighted by Crippen LogP contribution is -2.45. The second-order valence-electron chi connectivity index (χ2n) is 8.21. The molecule has 4 rings (SSSR count). The number of hydrogen-bond acceptors (Lipinski definition) is 4. The third kappa shape index (κ3) is 3.58. The minimum atomic E-state index is -0.841. The molecule has 0 saturated carbocycles. The van der Waals surface area contributed by atoms with E-state index in [1.54, 1.807) is 0 Å². The third-order valence-electron chi connectivity index (χ3n) is 6.32. The Labute approximate surface area is 166 Å². The lowest BCUT2D eigenvalue weighted by molar-refractivity contribution is -0.0211. The number of piperidine rings is 1. The second kappa shape index (κ2) is 7.66. The van der Waals surface area contributed by atoms with Crippen LogP contribution in [0, 0.1) is 0 Å². The Balaban J connectivity index is 1.47. The fourth-order valence-electron chi connectivity index (χ4n) is 4.63. The summed E-state index contributed by atoms with van der Waals surface area (Å²) in [7, 11) is 0. The lowest BCUT2D eigenvalue weighted by atomic mass is 9.84. The van der Waals surface area contributed by atoms with Crippen molar-refractivity contribution >= 4 is 5.91 Å². The summed E-state index contributed by atoms with van der Waals surface area (Å²) in [5.74, 6) is 0.383. The molecule has 2 saturated heterocycles. The van der Waals surface area contributed by atoms with Gasteiger partial charge in [-0.3, -0.25) is 15.6 Å². The molecule has 2 aliphatic rings. The van der Waals surface area contributed by atoms with Crippen LogP contribution in [0.25, 0.3) is 0 Å². The first-order valence-corrected chi connectivity index (χ1v) is 10.2. The third-order valence-corrected chi connectivity index (χ3v) is 6.32. The van der Waals surface area contributed by atoms with Crippen LogP contribution in [0.4, 0.5) is 0 Å². The van der Waals surface area contributed by atoms with Gasteiger partial charge in [0.1, 0.15) is 0 Å². The Morgan fingerprint density at radius 2 is 1.64 bits per heavy atom. The molecule has 2 aromatic rings. The number of nitrogens with zero attached hydrogens (tertiary/aromatic N) is 1. The van der Waals surface area contributed by atoms with Crippen molar-refractivity contribution in [3.8, 4) is 0 Å². The molecule has 148 valence electrons. The van der Waals surface area contributed by atoms with Crippen LogP contribution in [0.5, 0.6) is 0 Å². The van der Waals surface area contributed by atoms with E-state index in [-0.39, 0.29) is 5.91 Å². The molecular weight excluding hydrogens is 350 g/mol. The predicted molar refractivity (Wildman–Crippen MR) is 110 cm³/mol. The molecule has 0 aliphatic carbocycles. The minimum absolute atomic E-state index is 0.0520. The van der Waals surface area contributed by atoms with Crippen LogP contribution in [0.15, 0.2) is 54.6 Å². The van der Waals surface area contributed by atoms with Gasteiger partial charge in [0.05, 0.1) is 5.60 Å². The maximum Gasteiger partial charge on any atom is 0.253 e. The number of amides is 1. The Morgan fingerprint density at radius 1 is 1.00 bits per heavy atom. The van der Waals surface area contributed by atoms with Crippen LogP contribution in [0.3, 0.4) is 0 Å². The largest absolute Gasteiger partial charge is 0.385 e. The Hall–Kier alpha value is -2.21. The topological polar surface area (TPSA) is 64.6 Å². The van der Waals surface area contributed by atoms with Crippen LogP contribution >= 0.6 is 0 Å². The number of carbonyl (C=O) groups excluding carboxylic acids is 1. The summed E-state index contributed by atoms with van der Waals surface area (Å²) in [5.41, 5.74) is 8.57. The molecule has 5 heteroatoms. The summed E-state index contributed by atoms with van der Waals surface area (Å²) >= 11 is 0. The van der Waals surface area contributed by atoms with Crippen LogP contribution in [0.2, 0.25) is 0 Å². The molecule has 0 aromatic heterocycles. The zero-order valence-electron chi connectivity index (χ0n) is 16.6. The number of aliphatic hydroxyl groups is 1. The van der Waals surface area contributed by atoms with Gasteiger partial charge < -0.3 is 10.0 Å². The number of hydrazine groups is 1.